The lowest BCUT2D eigenvalue weighted by atomic mass is 10.1. The molecule has 0 bridgehead atoms. The summed E-state index contributed by atoms with van der Waals surface area (Å²) in [6.07, 6.45) is 8.94. The van der Waals surface area contributed by atoms with Crippen LogP contribution in [0.1, 0.15) is 44.9 Å². The second-order valence-electron chi connectivity index (χ2n) is 8.09. The average molecular weight is 430 g/mol. The number of primary amides is 1. The number of piperidine rings is 1. The number of thiophene rings is 1. The van der Waals surface area contributed by atoms with E-state index in [4.69, 9.17) is 15.2 Å². The van der Waals surface area contributed by atoms with Crippen LogP contribution in [-0.4, -0.2) is 43.3 Å². The number of amides is 2. The van der Waals surface area contributed by atoms with E-state index < -0.39 is 6.03 Å². The number of carbonyl (C=O) groups excluding carboxylic acids is 1. The fourth-order valence-electron chi connectivity index (χ4n) is 4.24. The minimum Gasteiger partial charge on any atom is -0.491 e. The molecule has 1 aliphatic carbocycles. The standard InChI is InChI=1S/C23H31N3O3S/c24-23(27)25-22-11-10-21(30-22)19-9-8-18(29-17-6-2-3-7-17)16-20(19)28-15-14-26-12-4-1-5-13-26/h8-11,16-17H,1-7,12-15H2,(H3,24,25,27). The van der Waals surface area contributed by atoms with E-state index in [1.807, 2.05) is 24.3 Å². The second-order valence-corrected chi connectivity index (χ2v) is 9.17. The van der Waals surface area contributed by atoms with Gasteiger partial charge in [-0.05, 0) is 75.9 Å². The van der Waals surface area contributed by atoms with E-state index in [1.165, 1.54) is 43.4 Å². The van der Waals surface area contributed by atoms with Gasteiger partial charge in [0.25, 0.3) is 0 Å². The third-order valence-electron chi connectivity index (χ3n) is 5.79. The quantitative estimate of drug-likeness (QED) is 0.613. The molecule has 1 saturated carbocycles. The third-order valence-corrected chi connectivity index (χ3v) is 6.82. The highest BCUT2D eigenvalue weighted by Gasteiger charge is 2.18. The van der Waals surface area contributed by atoms with Gasteiger partial charge in [0.05, 0.1) is 11.1 Å². The Kier molecular flexibility index (Phi) is 7.12. The Morgan fingerprint density at radius 3 is 2.67 bits per heavy atom. The summed E-state index contributed by atoms with van der Waals surface area (Å²) in [6.45, 7) is 3.91. The molecular weight excluding hydrogens is 398 g/mol. The van der Waals surface area contributed by atoms with Crippen molar-refractivity contribution in [2.75, 3.05) is 31.6 Å². The van der Waals surface area contributed by atoms with Gasteiger partial charge in [-0.3, -0.25) is 10.2 Å². The first-order chi connectivity index (χ1) is 14.7. The Morgan fingerprint density at radius 1 is 1.10 bits per heavy atom. The molecule has 2 aliphatic rings. The van der Waals surface area contributed by atoms with Crippen molar-refractivity contribution >= 4 is 22.4 Å². The lowest BCUT2D eigenvalue weighted by molar-refractivity contribution is 0.182. The lowest BCUT2D eigenvalue weighted by Crippen LogP contribution is -2.33. The highest BCUT2D eigenvalue weighted by molar-refractivity contribution is 7.19. The van der Waals surface area contributed by atoms with E-state index in [9.17, 15) is 4.79 Å². The van der Waals surface area contributed by atoms with Crippen LogP contribution >= 0.6 is 11.3 Å². The molecule has 2 aromatic rings. The average Bonchev–Trinajstić information content (AvgIpc) is 3.41. The summed E-state index contributed by atoms with van der Waals surface area (Å²) < 4.78 is 12.5. The molecule has 0 radical (unpaired) electrons. The van der Waals surface area contributed by atoms with Gasteiger partial charge in [0.15, 0.2) is 0 Å². The zero-order valence-corrected chi connectivity index (χ0v) is 18.2. The van der Waals surface area contributed by atoms with Crippen molar-refractivity contribution < 1.29 is 14.3 Å². The summed E-state index contributed by atoms with van der Waals surface area (Å²) >= 11 is 1.49. The van der Waals surface area contributed by atoms with Crippen LogP contribution < -0.4 is 20.5 Å². The minimum absolute atomic E-state index is 0.310. The van der Waals surface area contributed by atoms with Gasteiger partial charge < -0.3 is 15.2 Å². The number of likely N-dealkylation sites (tertiary alicyclic amines) is 1. The van der Waals surface area contributed by atoms with E-state index in [2.05, 4.69) is 16.3 Å². The van der Waals surface area contributed by atoms with Gasteiger partial charge in [-0.25, -0.2) is 4.79 Å². The molecule has 4 rings (SSSR count). The molecule has 0 spiro atoms. The maximum Gasteiger partial charge on any atom is 0.317 e. The molecule has 2 heterocycles. The molecule has 1 saturated heterocycles. The molecule has 30 heavy (non-hydrogen) atoms. The van der Waals surface area contributed by atoms with Crippen molar-refractivity contribution in [3.8, 4) is 21.9 Å². The van der Waals surface area contributed by atoms with Crippen LogP contribution in [0.5, 0.6) is 11.5 Å². The molecule has 162 valence electrons. The van der Waals surface area contributed by atoms with E-state index in [0.29, 0.717) is 12.7 Å². The number of anilines is 1. The smallest absolute Gasteiger partial charge is 0.317 e. The minimum atomic E-state index is -0.554. The Bertz CT molecular complexity index is 842. The van der Waals surface area contributed by atoms with Crippen molar-refractivity contribution in [1.29, 1.82) is 0 Å². The summed E-state index contributed by atoms with van der Waals surface area (Å²) in [5.41, 5.74) is 6.26. The molecule has 2 amide bonds. The van der Waals surface area contributed by atoms with Crippen molar-refractivity contribution in [1.82, 2.24) is 4.90 Å². The van der Waals surface area contributed by atoms with Crippen molar-refractivity contribution in [3.63, 3.8) is 0 Å². The Hall–Kier alpha value is -2.25. The molecule has 2 fully saturated rings. The van der Waals surface area contributed by atoms with Crippen molar-refractivity contribution in [2.45, 2.75) is 51.0 Å². The summed E-state index contributed by atoms with van der Waals surface area (Å²) in [4.78, 5) is 14.7. The van der Waals surface area contributed by atoms with Gasteiger partial charge in [0, 0.05) is 23.1 Å². The molecule has 7 heteroatoms. The molecule has 6 nitrogen and oxygen atoms in total. The number of ether oxygens (including phenoxy) is 2. The van der Waals surface area contributed by atoms with Gasteiger partial charge in [0.2, 0.25) is 0 Å². The summed E-state index contributed by atoms with van der Waals surface area (Å²) in [5.74, 6) is 1.70. The molecule has 1 aromatic heterocycles. The summed E-state index contributed by atoms with van der Waals surface area (Å²) in [6, 6.07) is 9.39. The first-order valence-electron chi connectivity index (χ1n) is 11.0. The van der Waals surface area contributed by atoms with Crippen LogP contribution in [-0.2, 0) is 0 Å². The molecule has 3 N–H and O–H groups in total. The number of urea groups is 1. The van der Waals surface area contributed by atoms with Gasteiger partial charge in [-0.1, -0.05) is 6.42 Å². The van der Waals surface area contributed by atoms with E-state index in [0.717, 1.165) is 59.4 Å². The maximum absolute atomic E-state index is 11.2. The number of nitrogens with one attached hydrogen (secondary N) is 1. The lowest BCUT2D eigenvalue weighted by Gasteiger charge is -2.26. The molecular formula is C23H31N3O3S. The Labute approximate surface area is 182 Å². The fraction of sp³-hybridized carbons (Fsp3) is 0.522. The number of benzene rings is 1. The Balaban J connectivity index is 1.49. The van der Waals surface area contributed by atoms with Gasteiger partial charge in [-0.2, -0.15) is 0 Å². The first-order valence-corrected chi connectivity index (χ1v) is 11.8. The van der Waals surface area contributed by atoms with Crippen LogP contribution in [0.2, 0.25) is 0 Å². The predicted molar refractivity (Wildman–Crippen MR) is 122 cm³/mol. The van der Waals surface area contributed by atoms with Gasteiger partial charge in [0.1, 0.15) is 18.1 Å². The van der Waals surface area contributed by atoms with E-state index >= 15 is 0 Å². The Morgan fingerprint density at radius 2 is 1.90 bits per heavy atom. The summed E-state index contributed by atoms with van der Waals surface area (Å²) in [5, 5.41) is 3.37. The second kappa shape index (κ2) is 10.2. The molecule has 1 aliphatic heterocycles. The highest BCUT2D eigenvalue weighted by Crippen LogP contribution is 2.39. The normalized spacial score (nSPS) is 17.7. The zero-order valence-electron chi connectivity index (χ0n) is 17.4. The third kappa shape index (κ3) is 5.67. The number of rotatable bonds is 8. The van der Waals surface area contributed by atoms with Crippen LogP contribution in [0.25, 0.3) is 10.4 Å². The first kappa shape index (κ1) is 21.0. The van der Waals surface area contributed by atoms with Crippen molar-refractivity contribution in [2.24, 2.45) is 5.73 Å². The van der Waals surface area contributed by atoms with Crippen LogP contribution in [0.4, 0.5) is 9.80 Å². The number of hydrogen-bond donors (Lipinski definition) is 2. The maximum atomic E-state index is 11.2. The monoisotopic (exact) mass is 429 g/mol. The molecule has 0 atom stereocenters. The number of hydrogen-bond acceptors (Lipinski definition) is 5. The highest BCUT2D eigenvalue weighted by atomic mass is 32.1. The van der Waals surface area contributed by atoms with Gasteiger partial charge >= 0.3 is 6.03 Å². The van der Waals surface area contributed by atoms with Crippen LogP contribution in [0.3, 0.4) is 0 Å². The van der Waals surface area contributed by atoms with Crippen LogP contribution in [0.15, 0.2) is 30.3 Å². The largest absolute Gasteiger partial charge is 0.491 e. The predicted octanol–water partition coefficient (Wildman–Crippen LogP) is 5.09. The number of nitrogens with zero attached hydrogens (tertiary/aromatic N) is 1. The topological polar surface area (TPSA) is 76.8 Å². The van der Waals surface area contributed by atoms with Gasteiger partial charge in [-0.15, -0.1) is 11.3 Å². The fourth-order valence-corrected chi connectivity index (χ4v) is 5.18. The van der Waals surface area contributed by atoms with E-state index in [1.54, 1.807) is 0 Å². The van der Waals surface area contributed by atoms with Crippen molar-refractivity contribution in [3.05, 3.63) is 30.3 Å². The molecule has 1 aromatic carbocycles. The SMILES string of the molecule is NC(=O)Nc1ccc(-c2ccc(OC3CCCC3)cc2OCCN2CCCCC2)s1. The number of carbonyl (C=O) groups is 1. The molecule has 0 unspecified atom stereocenters. The zero-order chi connectivity index (χ0) is 20.8. The van der Waals surface area contributed by atoms with Crippen LogP contribution in [0, 0.1) is 0 Å². The van der Waals surface area contributed by atoms with E-state index in [-0.39, 0.29) is 0 Å². The summed E-state index contributed by atoms with van der Waals surface area (Å²) in [7, 11) is 0. The number of nitrogens with two attached hydrogens (primary N) is 1.